The van der Waals surface area contributed by atoms with E-state index in [0.717, 1.165) is 54.0 Å². The van der Waals surface area contributed by atoms with E-state index in [4.69, 9.17) is 0 Å². The molecule has 0 radical (unpaired) electrons. The number of H-pyrrole nitrogens is 1. The van der Waals surface area contributed by atoms with Gasteiger partial charge in [-0.05, 0) is 51.1 Å². The van der Waals surface area contributed by atoms with E-state index in [-0.39, 0.29) is 5.43 Å². The van der Waals surface area contributed by atoms with Crippen LogP contribution in [-0.2, 0) is 13.1 Å². The molecule has 0 fully saturated rings. The molecule has 1 aromatic heterocycles. The Morgan fingerprint density at radius 1 is 0.893 bits per heavy atom. The highest BCUT2D eigenvalue weighted by atomic mass is 16.1. The van der Waals surface area contributed by atoms with Gasteiger partial charge in [0.15, 0.2) is 5.43 Å². The number of nitrogens with one attached hydrogen (secondary N) is 1. The third kappa shape index (κ3) is 4.28. The molecule has 0 bridgehead atoms. The van der Waals surface area contributed by atoms with Crippen molar-refractivity contribution in [3.8, 4) is 0 Å². The van der Waals surface area contributed by atoms with Gasteiger partial charge in [0.25, 0.3) is 0 Å². The number of aryl methyl sites for hydroxylation is 1. The predicted octanol–water partition coefficient (Wildman–Crippen LogP) is 4.70. The topological polar surface area (TPSA) is 39.3 Å². The molecule has 0 aliphatic rings. The molecule has 0 aliphatic carbocycles. The number of anilines is 1. The lowest BCUT2D eigenvalue weighted by atomic mass is 10.1. The summed E-state index contributed by atoms with van der Waals surface area (Å²) < 4.78 is 0. The smallest absolute Gasteiger partial charge is 0.194 e. The monoisotopic (exact) mass is 377 g/mol. The van der Waals surface area contributed by atoms with E-state index in [0.29, 0.717) is 6.54 Å². The van der Waals surface area contributed by atoms with Crippen molar-refractivity contribution in [2.75, 3.05) is 24.5 Å². The van der Waals surface area contributed by atoms with Gasteiger partial charge in [-0.15, -0.1) is 0 Å². The van der Waals surface area contributed by atoms with E-state index in [9.17, 15) is 4.79 Å². The van der Waals surface area contributed by atoms with Crippen molar-refractivity contribution in [2.45, 2.75) is 40.8 Å². The molecular weight excluding hydrogens is 346 g/mol. The average Bonchev–Trinajstić information content (AvgIpc) is 2.72. The Labute approximate surface area is 167 Å². The van der Waals surface area contributed by atoms with Gasteiger partial charge in [0, 0.05) is 54.0 Å². The van der Waals surface area contributed by atoms with E-state index in [1.807, 2.05) is 25.1 Å². The van der Waals surface area contributed by atoms with Crippen LogP contribution in [0.15, 0.2) is 53.3 Å². The summed E-state index contributed by atoms with van der Waals surface area (Å²) in [6.07, 6.45) is 0. The van der Waals surface area contributed by atoms with Crippen molar-refractivity contribution in [3.05, 3.63) is 75.6 Å². The molecule has 28 heavy (non-hydrogen) atoms. The van der Waals surface area contributed by atoms with Crippen LogP contribution in [-0.4, -0.2) is 29.5 Å². The number of aromatic nitrogens is 1. The minimum absolute atomic E-state index is 0.145. The molecular formula is C24H31N3O. The van der Waals surface area contributed by atoms with Crippen LogP contribution in [0.25, 0.3) is 10.9 Å². The van der Waals surface area contributed by atoms with Crippen LogP contribution in [0.1, 0.15) is 37.6 Å². The predicted molar refractivity (Wildman–Crippen MR) is 119 cm³/mol. The van der Waals surface area contributed by atoms with Crippen LogP contribution >= 0.6 is 0 Å². The SMILES string of the molecule is CCN(Cc1ccccc1)Cc1c(C)[nH]c2ccc(N(CC)CC)cc2c1=O. The lowest BCUT2D eigenvalue weighted by Gasteiger charge is -2.23. The first-order valence-corrected chi connectivity index (χ1v) is 10.2. The lowest BCUT2D eigenvalue weighted by Crippen LogP contribution is -2.27. The van der Waals surface area contributed by atoms with Gasteiger partial charge < -0.3 is 9.88 Å². The number of nitrogens with zero attached hydrogens (tertiary/aromatic N) is 2. The fourth-order valence-electron chi connectivity index (χ4n) is 3.76. The van der Waals surface area contributed by atoms with Gasteiger partial charge in [-0.1, -0.05) is 37.3 Å². The molecule has 0 saturated heterocycles. The molecule has 1 N–H and O–H groups in total. The number of hydrogen-bond donors (Lipinski definition) is 1. The highest BCUT2D eigenvalue weighted by Gasteiger charge is 2.14. The Bertz CT molecular complexity index is 974. The van der Waals surface area contributed by atoms with Gasteiger partial charge in [0.05, 0.1) is 0 Å². The zero-order valence-electron chi connectivity index (χ0n) is 17.5. The third-order valence-corrected chi connectivity index (χ3v) is 5.50. The number of rotatable bonds is 8. The summed E-state index contributed by atoms with van der Waals surface area (Å²) in [5.41, 5.74) is 5.25. The van der Waals surface area contributed by atoms with Crippen LogP contribution in [0.4, 0.5) is 5.69 Å². The van der Waals surface area contributed by atoms with Crippen LogP contribution in [0.3, 0.4) is 0 Å². The van der Waals surface area contributed by atoms with Gasteiger partial charge in [0.1, 0.15) is 0 Å². The molecule has 4 heteroatoms. The second kappa shape index (κ2) is 9.07. The zero-order chi connectivity index (χ0) is 20.1. The van der Waals surface area contributed by atoms with Crippen LogP contribution < -0.4 is 10.3 Å². The third-order valence-electron chi connectivity index (χ3n) is 5.50. The summed E-state index contributed by atoms with van der Waals surface area (Å²) in [5.74, 6) is 0. The molecule has 2 aromatic carbocycles. The summed E-state index contributed by atoms with van der Waals surface area (Å²) in [6, 6.07) is 16.6. The lowest BCUT2D eigenvalue weighted by molar-refractivity contribution is 0.270. The maximum absolute atomic E-state index is 13.3. The molecule has 0 atom stereocenters. The summed E-state index contributed by atoms with van der Waals surface area (Å²) in [5, 5.41) is 0.778. The number of pyridine rings is 1. The van der Waals surface area contributed by atoms with E-state index < -0.39 is 0 Å². The molecule has 0 saturated carbocycles. The summed E-state index contributed by atoms with van der Waals surface area (Å²) in [6.45, 7) is 12.7. The largest absolute Gasteiger partial charge is 0.372 e. The second-order valence-corrected chi connectivity index (χ2v) is 7.25. The maximum Gasteiger partial charge on any atom is 0.194 e. The van der Waals surface area contributed by atoms with Crippen molar-refractivity contribution in [3.63, 3.8) is 0 Å². The van der Waals surface area contributed by atoms with E-state index in [1.165, 1.54) is 5.56 Å². The Morgan fingerprint density at radius 2 is 1.61 bits per heavy atom. The number of benzene rings is 2. The molecule has 0 amide bonds. The van der Waals surface area contributed by atoms with Gasteiger partial charge in [-0.2, -0.15) is 0 Å². The Balaban J connectivity index is 1.96. The van der Waals surface area contributed by atoms with Crippen LogP contribution in [0.2, 0.25) is 0 Å². The van der Waals surface area contributed by atoms with E-state index in [2.05, 4.69) is 65.9 Å². The number of aromatic amines is 1. The Kier molecular flexibility index (Phi) is 6.53. The van der Waals surface area contributed by atoms with Gasteiger partial charge in [-0.25, -0.2) is 0 Å². The summed E-state index contributed by atoms with van der Waals surface area (Å²) >= 11 is 0. The molecule has 3 aromatic rings. The standard InChI is InChI=1S/C24H31N3O/c1-5-26(16-19-11-9-8-10-12-19)17-22-18(4)25-23-14-13-20(27(6-2)7-3)15-21(23)24(22)28/h8-15H,5-7,16-17H2,1-4H3,(H,25,28). The maximum atomic E-state index is 13.3. The molecule has 3 rings (SSSR count). The second-order valence-electron chi connectivity index (χ2n) is 7.25. The first-order valence-electron chi connectivity index (χ1n) is 10.2. The van der Waals surface area contributed by atoms with Crippen molar-refractivity contribution >= 4 is 16.6 Å². The quantitative estimate of drug-likeness (QED) is 0.618. The van der Waals surface area contributed by atoms with E-state index in [1.54, 1.807) is 0 Å². The van der Waals surface area contributed by atoms with Crippen molar-refractivity contribution < 1.29 is 0 Å². The molecule has 0 aliphatic heterocycles. The molecule has 4 nitrogen and oxygen atoms in total. The highest BCUT2D eigenvalue weighted by molar-refractivity contribution is 5.83. The van der Waals surface area contributed by atoms with Gasteiger partial charge in [0.2, 0.25) is 0 Å². The van der Waals surface area contributed by atoms with Crippen molar-refractivity contribution in [1.82, 2.24) is 9.88 Å². The Hall–Kier alpha value is -2.59. The normalized spacial score (nSPS) is 11.3. The fraction of sp³-hybridized carbons (Fsp3) is 0.375. The minimum atomic E-state index is 0.145. The van der Waals surface area contributed by atoms with Gasteiger partial charge >= 0.3 is 0 Å². The summed E-state index contributed by atoms with van der Waals surface area (Å²) in [7, 11) is 0. The van der Waals surface area contributed by atoms with Crippen LogP contribution in [0, 0.1) is 6.92 Å². The van der Waals surface area contributed by atoms with Gasteiger partial charge in [-0.3, -0.25) is 9.69 Å². The highest BCUT2D eigenvalue weighted by Crippen LogP contribution is 2.21. The summed E-state index contributed by atoms with van der Waals surface area (Å²) in [4.78, 5) is 21.4. The first-order chi connectivity index (χ1) is 13.6. The molecule has 1 heterocycles. The average molecular weight is 378 g/mol. The molecule has 0 spiro atoms. The Morgan fingerprint density at radius 3 is 2.25 bits per heavy atom. The van der Waals surface area contributed by atoms with E-state index >= 15 is 0 Å². The fourth-order valence-corrected chi connectivity index (χ4v) is 3.76. The number of hydrogen-bond acceptors (Lipinski definition) is 3. The van der Waals surface area contributed by atoms with Crippen molar-refractivity contribution in [1.29, 1.82) is 0 Å². The van der Waals surface area contributed by atoms with Crippen molar-refractivity contribution in [2.24, 2.45) is 0 Å². The molecule has 148 valence electrons. The molecule has 0 unspecified atom stereocenters. The van der Waals surface area contributed by atoms with Crippen LogP contribution in [0.5, 0.6) is 0 Å². The first kappa shape index (κ1) is 20.2. The zero-order valence-corrected chi connectivity index (χ0v) is 17.5. The minimum Gasteiger partial charge on any atom is -0.372 e. The number of fused-ring (bicyclic) bond motifs is 1.